The molecule has 4 heteroatoms. The summed E-state index contributed by atoms with van der Waals surface area (Å²) in [5.74, 6) is 1.47. The molecule has 6 aliphatic rings. The van der Waals surface area contributed by atoms with Crippen molar-refractivity contribution in [3.05, 3.63) is 0 Å². The lowest BCUT2D eigenvalue weighted by Gasteiger charge is -2.72. The number of fused-ring (bicyclic) bond motifs is 4. The average molecular weight is 276 g/mol. The van der Waals surface area contributed by atoms with Crippen LogP contribution >= 0.6 is 0 Å². The largest absolute Gasteiger partial charge is 0.462 e. The third kappa shape index (κ3) is 0.822. The molecular formula is C16H22NO3+. The molecule has 0 aromatic rings. The van der Waals surface area contributed by atoms with Gasteiger partial charge in [-0.2, -0.15) is 0 Å². The molecule has 2 bridgehead atoms. The molecule has 0 aromatic heterocycles. The van der Waals surface area contributed by atoms with Gasteiger partial charge in [0.1, 0.15) is 30.4 Å². The summed E-state index contributed by atoms with van der Waals surface area (Å²) in [5, 5.41) is 0. The highest BCUT2D eigenvalue weighted by Gasteiger charge is 2.89. The molecule has 4 aliphatic heterocycles. The summed E-state index contributed by atoms with van der Waals surface area (Å²) in [6.07, 6.45) is 5.86. The van der Waals surface area contributed by atoms with Crippen molar-refractivity contribution in [2.24, 2.45) is 23.2 Å². The van der Waals surface area contributed by atoms with Crippen LogP contribution in [0.25, 0.3) is 0 Å². The highest BCUT2D eigenvalue weighted by molar-refractivity contribution is 5.78. The smallest absolute Gasteiger partial charge is 0.310 e. The van der Waals surface area contributed by atoms with Crippen LogP contribution in [-0.2, 0) is 14.3 Å². The van der Waals surface area contributed by atoms with Crippen LogP contribution in [0.4, 0.5) is 0 Å². The van der Waals surface area contributed by atoms with Crippen molar-refractivity contribution in [2.75, 3.05) is 13.1 Å². The second-order valence-electron chi connectivity index (χ2n) is 8.17. The van der Waals surface area contributed by atoms with Crippen molar-refractivity contribution in [1.82, 2.24) is 0 Å². The number of hydrogen-bond donors (Lipinski definition) is 1. The van der Waals surface area contributed by atoms with Crippen LogP contribution in [0.2, 0.25) is 0 Å². The Balaban J connectivity index is 1.63. The summed E-state index contributed by atoms with van der Waals surface area (Å²) in [6.45, 7) is 4.83. The van der Waals surface area contributed by atoms with Crippen molar-refractivity contribution in [3.63, 3.8) is 0 Å². The maximum Gasteiger partial charge on any atom is 0.310 e. The van der Waals surface area contributed by atoms with Crippen LogP contribution < -0.4 is 4.90 Å². The molecule has 2 saturated carbocycles. The second-order valence-corrected chi connectivity index (χ2v) is 8.17. The van der Waals surface area contributed by atoms with E-state index in [4.69, 9.17) is 9.47 Å². The van der Waals surface area contributed by atoms with Gasteiger partial charge in [-0.1, -0.05) is 6.92 Å². The Hall–Kier alpha value is -0.610. The molecule has 6 fully saturated rings. The van der Waals surface area contributed by atoms with Gasteiger partial charge in [-0.15, -0.1) is 0 Å². The van der Waals surface area contributed by atoms with E-state index in [1.54, 1.807) is 4.90 Å². The molecule has 1 spiro atoms. The highest BCUT2D eigenvalue weighted by Crippen LogP contribution is 2.74. The number of carbonyl (C=O) groups is 1. The Kier molecular flexibility index (Phi) is 1.63. The summed E-state index contributed by atoms with van der Waals surface area (Å²) in [5.41, 5.74) is 0.447. The fourth-order valence-corrected chi connectivity index (χ4v) is 7.71. The second kappa shape index (κ2) is 2.95. The minimum Gasteiger partial charge on any atom is -0.462 e. The minimum atomic E-state index is 0.103. The number of nitrogens with one attached hydrogen (secondary N) is 1. The number of piperidine rings is 2. The fourth-order valence-electron chi connectivity index (χ4n) is 7.71. The van der Waals surface area contributed by atoms with Crippen molar-refractivity contribution >= 4 is 5.97 Å². The molecule has 4 heterocycles. The van der Waals surface area contributed by atoms with Crippen LogP contribution in [-0.4, -0.2) is 42.9 Å². The SMILES string of the molecule is C[C@@H]1C[C@]23[C@@H]4CCC[NH+]2C[C@H]2O[C@H]2[C@]13[C@H]1C[C@@H]4OC1=O. The van der Waals surface area contributed by atoms with Gasteiger partial charge in [0.05, 0.1) is 23.8 Å². The van der Waals surface area contributed by atoms with E-state index in [0.717, 1.165) is 6.42 Å². The molecule has 2 aliphatic carbocycles. The summed E-state index contributed by atoms with van der Waals surface area (Å²) in [4.78, 5) is 14.3. The predicted octanol–water partition coefficient (Wildman–Crippen LogP) is -0.227. The van der Waals surface area contributed by atoms with Gasteiger partial charge in [-0.05, 0) is 25.2 Å². The zero-order valence-electron chi connectivity index (χ0n) is 11.9. The van der Waals surface area contributed by atoms with E-state index in [9.17, 15) is 4.79 Å². The zero-order chi connectivity index (χ0) is 13.3. The number of ether oxygens (including phenoxy) is 2. The molecule has 4 saturated heterocycles. The van der Waals surface area contributed by atoms with Crippen LogP contribution in [0.15, 0.2) is 0 Å². The maximum atomic E-state index is 12.5. The van der Waals surface area contributed by atoms with E-state index >= 15 is 0 Å². The summed E-state index contributed by atoms with van der Waals surface area (Å²) < 4.78 is 12.0. The Labute approximate surface area is 118 Å². The maximum absolute atomic E-state index is 12.5. The molecular weight excluding hydrogens is 254 g/mol. The predicted molar refractivity (Wildman–Crippen MR) is 69.0 cm³/mol. The lowest BCUT2D eigenvalue weighted by molar-refractivity contribution is -0.990. The first-order valence-corrected chi connectivity index (χ1v) is 8.40. The normalized spacial score (nSPS) is 68.2. The van der Waals surface area contributed by atoms with E-state index in [1.165, 1.54) is 32.4 Å². The molecule has 1 unspecified atom stereocenters. The molecule has 0 amide bonds. The van der Waals surface area contributed by atoms with Gasteiger partial charge in [0, 0.05) is 6.42 Å². The van der Waals surface area contributed by atoms with Crippen molar-refractivity contribution in [2.45, 2.75) is 56.5 Å². The molecule has 0 aromatic carbocycles. The van der Waals surface area contributed by atoms with Gasteiger partial charge in [0.2, 0.25) is 0 Å². The lowest BCUT2D eigenvalue weighted by atomic mass is 9.34. The van der Waals surface area contributed by atoms with E-state index in [0.29, 0.717) is 29.6 Å². The molecule has 4 nitrogen and oxygen atoms in total. The van der Waals surface area contributed by atoms with E-state index in [2.05, 4.69) is 6.92 Å². The minimum absolute atomic E-state index is 0.103. The first kappa shape index (κ1) is 11.0. The number of quaternary nitrogens is 1. The first-order valence-electron chi connectivity index (χ1n) is 8.40. The van der Waals surface area contributed by atoms with Gasteiger partial charge in [-0.3, -0.25) is 4.79 Å². The third-order valence-electron chi connectivity index (χ3n) is 8.02. The Morgan fingerprint density at radius 1 is 1.35 bits per heavy atom. The first-order chi connectivity index (χ1) is 9.69. The third-order valence-corrected chi connectivity index (χ3v) is 8.02. The molecule has 9 atom stereocenters. The van der Waals surface area contributed by atoms with Crippen molar-refractivity contribution in [3.8, 4) is 0 Å². The quantitative estimate of drug-likeness (QED) is 0.491. The van der Waals surface area contributed by atoms with Gasteiger partial charge in [-0.25, -0.2) is 0 Å². The van der Waals surface area contributed by atoms with Gasteiger partial charge >= 0.3 is 5.97 Å². The number of carbonyl (C=O) groups excluding carboxylic acids is 1. The van der Waals surface area contributed by atoms with Crippen LogP contribution in [0.3, 0.4) is 0 Å². The highest BCUT2D eigenvalue weighted by atomic mass is 16.6. The number of esters is 1. The number of rotatable bonds is 0. The van der Waals surface area contributed by atoms with Crippen LogP contribution in [0.1, 0.15) is 32.6 Å². The Morgan fingerprint density at radius 2 is 2.25 bits per heavy atom. The summed E-state index contributed by atoms with van der Waals surface area (Å²) >= 11 is 0. The molecule has 1 N–H and O–H groups in total. The monoisotopic (exact) mass is 276 g/mol. The lowest BCUT2D eigenvalue weighted by Crippen LogP contribution is -3.28. The van der Waals surface area contributed by atoms with Crippen LogP contribution in [0.5, 0.6) is 0 Å². The van der Waals surface area contributed by atoms with E-state index < -0.39 is 0 Å². The van der Waals surface area contributed by atoms with Crippen molar-refractivity contribution in [1.29, 1.82) is 0 Å². The summed E-state index contributed by atoms with van der Waals surface area (Å²) in [6, 6.07) is 0. The van der Waals surface area contributed by atoms with E-state index in [-0.39, 0.29) is 23.4 Å². The van der Waals surface area contributed by atoms with Gasteiger partial charge in [0.15, 0.2) is 0 Å². The topological polar surface area (TPSA) is 43.3 Å². The fraction of sp³-hybridized carbons (Fsp3) is 0.938. The molecule has 6 rings (SSSR count). The van der Waals surface area contributed by atoms with Crippen LogP contribution in [0, 0.1) is 23.2 Å². The Morgan fingerprint density at radius 3 is 3.10 bits per heavy atom. The zero-order valence-corrected chi connectivity index (χ0v) is 11.9. The Bertz CT molecular complexity index is 536. The average Bonchev–Trinajstić information content (AvgIpc) is 3.08. The molecule has 20 heavy (non-hydrogen) atoms. The number of epoxide rings is 1. The standard InChI is InChI=1S/C16H21NO3/c1-8-6-15-9-3-2-4-17(15)7-12-13(19-12)16(8,15)10-5-11(9)20-14(10)18/h8-13H,2-7H2,1H3/p+1/t8-,9-,10+,11+,12-,13-,15-,16-/m1/s1. The molecule has 108 valence electrons. The number of hydrogen-bond acceptors (Lipinski definition) is 3. The molecule has 0 radical (unpaired) electrons. The van der Waals surface area contributed by atoms with Gasteiger partial charge in [0.25, 0.3) is 0 Å². The van der Waals surface area contributed by atoms with Crippen molar-refractivity contribution < 1.29 is 19.2 Å². The summed E-state index contributed by atoms with van der Waals surface area (Å²) in [7, 11) is 0. The van der Waals surface area contributed by atoms with Gasteiger partial charge < -0.3 is 14.4 Å². The van der Waals surface area contributed by atoms with E-state index in [1.807, 2.05) is 0 Å².